The number of aromatic hydroxyl groups is 1. The molecule has 0 bridgehead atoms. The average molecular weight is 456 g/mol. The second kappa shape index (κ2) is 8.88. The maximum absolute atomic E-state index is 13.6. The fourth-order valence-electron chi connectivity index (χ4n) is 3.47. The Labute approximate surface area is 188 Å². The molecule has 0 aliphatic heterocycles. The van der Waals surface area contributed by atoms with Gasteiger partial charge in [0.2, 0.25) is 0 Å². The number of esters is 1. The van der Waals surface area contributed by atoms with Crippen LogP contribution in [-0.4, -0.2) is 34.2 Å². The molecule has 0 atom stereocenters. The monoisotopic (exact) mass is 455 g/mol. The van der Waals surface area contributed by atoms with E-state index < -0.39 is 5.97 Å². The Balaban J connectivity index is 1.82. The fourth-order valence-corrected chi connectivity index (χ4v) is 4.49. The number of benzene rings is 2. The van der Waals surface area contributed by atoms with Gasteiger partial charge >= 0.3 is 5.97 Å². The molecule has 4 rings (SSSR count). The van der Waals surface area contributed by atoms with Gasteiger partial charge in [0.15, 0.2) is 16.5 Å². The normalized spacial score (nSPS) is 11.0. The van der Waals surface area contributed by atoms with E-state index in [2.05, 4.69) is 5.32 Å². The first kappa shape index (κ1) is 21.6. The molecule has 0 aliphatic rings. The average Bonchev–Trinajstić information content (AvgIpc) is 3.29. The maximum atomic E-state index is 13.6. The molecule has 0 amide bonds. The predicted octanol–water partition coefficient (Wildman–Crippen LogP) is 5.01. The Morgan fingerprint density at radius 1 is 1.28 bits per heavy atom. The van der Waals surface area contributed by atoms with Gasteiger partial charge in [0.1, 0.15) is 22.2 Å². The molecular formula is C23H22FN3O4S. The zero-order valence-corrected chi connectivity index (χ0v) is 18.6. The van der Waals surface area contributed by atoms with Gasteiger partial charge in [-0.1, -0.05) is 23.5 Å². The Hall–Kier alpha value is -3.59. The molecule has 2 N–H and O–H groups in total. The summed E-state index contributed by atoms with van der Waals surface area (Å²) in [6.45, 7) is 4.19. The summed E-state index contributed by atoms with van der Waals surface area (Å²) >= 11 is 1.23. The molecule has 0 saturated heterocycles. The fraction of sp³-hybridized carbons (Fsp3) is 0.217. The van der Waals surface area contributed by atoms with Crippen molar-refractivity contribution in [1.82, 2.24) is 9.38 Å². The van der Waals surface area contributed by atoms with Crippen LogP contribution in [0.2, 0.25) is 0 Å². The second-order valence-electron chi connectivity index (χ2n) is 7.03. The number of aromatic nitrogens is 2. The van der Waals surface area contributed by atoms with Crippen molar-refractivity contribution in [2.45, 2.75) is 20.4 Å². The zero-order chi connectivity index (χ0) is 22.8. The third kappa shape index (κ3) is 3.99. The molecular weight excluding hydrogens is 433 g/mol. The van der Waals surface area contributed by atoms with Crippen molar-refractivity contribution < 1.29 is 23.8 Å². The van der Waals surface area contributed by atoms with E-state index in [1.165, 1.54) is 30.6 Å². The summed E-state index contributed by atoms with van der Waals surface area (Å²) in [7, 11) is 1.48. The molecule has 0 saturated carbocycles. The van der Waals surface area contributed by atoms with Gasteiger partial charge in [0.05, 0.1) is 13.7 Å². The Kier molecular flexibility index (Phi) is 6.00. The summed E-state index contributed by atoms with van der Waals surface area (Å²) in [6.07, 6.45) is 0. The highest BCUT2D eigenvalue weighted by Crippen LogP contribution is 2.38. The number of hydrogen-bond acceptors (Lipinski definition) is 7. The number of aryl methyl sites for hydroxylation is 1. The molecule has 0 fully saturated rings. The second-order valence-corrected chi connectivity index (χ2v) is 8.01. The molecule has 2 aromatic heterocycles. The van der Waals surface area contributed by atoms with Crippen LogP contribution in [-0.2, 0) is 11.3 Å². The minimum absolute atomic E-state index is 0.0126. The standard InChI is InChI=1S/C23H22FN3O4S/c1-4-31-22(29)20-13(2)27-21(25-12-14-6-5-7-16(24)10-14)19(26-23(27)32-20)15-8-9-18(30-3)17(28)11-15/h5-11,25,28H,4,12H2,1-3H3. The number of halogens is 1. The first-order chi connectivity index (χ1) is 15.4. The Morgan fingerprint density at radius 3 is 2.78 bits per heavy atom. The molecule has 0 spiro atoms. The number of methoxy groups -OCH3 is 1. The number of anilines is 1. The first-order valence-corrected chi connectivity index (χ1v) is 10.8. The number of fused-ring (bicyclic) bond motifs is 1. The largest absolute Gasteiger partial charge is 0.504 e. The number of ether oxygens (including phenoxy) is 2. The minimum atomic E-state index is -0.403. The van der Waals surface area contributed by atoms with Crippen LogP contribution in [0.25, 0.3) is 16.2 Å². The Morgan fingerprint density at radius 2 is 2.09 bits per heavy atom. The van der Waals surface area contributed by atoms with Gasteiger partial charge in [-0.05, 0) is 49.7 Å². The van der Waals surface area contributed by atoms with Crippen LogP contribution < -0.4 is 10.1 Å². The van der Waals surface area contributed by atoms with E-state index in [0.717, 1.165) is 5.56 Å². The lowest BCUT2D eigenvalue weighted by atomic mass is 10.1. The summed E-state index contributed by atoms with van der Waals surface area (Å²) in [5, 5.41) is 13.6. The highest BCUT2D eigenvalue weighted by molar-refractivity contribution is 7.19. The van der Waals surface area contributed by atoms with Crippen molar-refractivity contribution in [3.8, 4) is 22.8 Å². The highest BCUT2D eigenvalue weighted by Gasteiger charge is 2.24. The van der Waals surface area contributed by atoms with E-state index in [1.54, 1.807) is 31.2 Å². The van der Waals surface area contributed by atoms with Crippen molar-refractivity contribution in [2.75, 3.05) is 19.0 Å². The van der Waals surface area contributed by atoms with Crippen LogP contribution in [0.3, 0.4) is 0 Å². The molecule has 0 unspecified atom stereocenters. The molecule has 7 nitrogen and oxygen atoms in total. The number of nitrogens with zero attached hydrogens (tertiary/aromatic N) is 2. The number of imidazole rings is 1. The summed E-state index contributed by atoms with van der Waals surface area (Å²) in [5.41, 5.74) is 2.69. The molecule has 2 heterocycles. The first-order valence-electron chi connectivity index (χ1n) is 9.97. The smallest absolute Gasteiger partial charge is 0.350 e. The van der Waals surface area contributed by atoms with Crippen LogP contribution in [0.4, 0.5) is 10.2 Å². The molecule has 4 aromatic rings. The maximum Gasteiger partial charge on any atom is 0.350 e. The topological polar surface area (TPSA) is 85.1 Å². The number of hydrogen-bond donors (Lipinski definition) is 2. The number of phenols is 1. The molecule has 2 aromatic carbocycles. The van der Waals surface area contributed by atoms with Crippen LogP contribution in [0.15, 0.2) is 42.5 Å². The van der Waals surface area contributed by atoms with Crippen LogP contribution in [0, 0.1) is 12.7 Å². The van der Waals surface area contributed by atoms with Crippen molar-refractivity contribution in [2.24, 2.45) is 0 Å². The summed E-state index contributed by atoms with van der Waals surface area (Å²) in [6, 6.07) is 11.3. The van der Waals surface area contributed by atoms with E-state index in [-0.39, 0.29) is 18.2 Å². The van der Waals surface area contributed by atoms with Gasteiger partial charge < -0.3 is 19.9 Å². The molecule has 166 valence electrons. The van der Waals surface area contributed by atoms with Crippen molar-refractivity contribution in [3.05, 3.63) is 64.4 Å². The highest BCUT2D eigenvalue weighted by atomic mass is 32.1. The molecule has 0 radical (unpaired) electrons. The summed E-state index contributed by atoms with van der Waals surface area (Å²) in [4.78, 5) is 18.1. The molecule has 32 heavy (non-hydrogen) atoms. The number of phenolic OH excluding ortho intramolecular Hbond substituents is 1. The van der Waals surface area contributed by atoms with E-state index in [4.69, 9.17) is 14.5 Å². The number of rotatable bonds is 7. The SMILES string of the molecule is CCOC(=O)c1sc2nc(-c3ccc(OC)c(O)c3)c(NCc3cccc(F)c3)n2c1C. The van der Waals surface area contributed by atoms with Crippen molar-refractivity contribution in [3.63, 3.8) is 0 Å². The van der Waals surface area contributed by atoms with Gasteiger partial charge in [-0.3, -0.25) is 4.40 Å². The minimum Gasteiger partial charge on any atom is -0.504 e. The van der Waals surface area contributed by atoms with E-state index >= 15 is 0 Å². The lowest BCUT2D eigenvalue weighted by molar-refractivity contribution is 0.0531. The van der Waals surface area contributed by atoms with Crippen molar-refractivity contribution in [1.29, 1.82) is 0 Å². The van der Waals surface area contributed by atoms with Crippen LogP contribution in [0.1, 0.15) is 27.9 Å². The number of carbonyl (C=O) groups excluding carboxylic acids is 1. The predicted molar refractivity (Wildman–Crippen MR) is 121 cm³/mol. The van der Waals surface area contributed by atoms with Crippen LogP contribution >= 0.6 is 11.3 Å². The van der Waals surface area contributed by atoms with E-state index in [1.807, 2.05) is 17.4 Å². The Bertz CT molecular complexity index is 1300. The molecule has 0 aliphatic carbocycles. The summed E-state index contributed by atoms with van der Waals surface area (Å²) < 4.78 is 25.8. The lowest BCUT2D eigenvalue weighted by Crippen LogP contribution is -2.07. The zero-order valence-electron chi connectivity index (χ0n) is 17.8. The van der Waals surface area contributed by atoms with Gasteiger partial charge in [-0.25, -0.2) is 14.2 Å². The van der Waals surface area contributed by atoms with Crippen LogP contribution in [0.5, 0.6) is 11.5 Å². The lowest BCUT2D eigenvalue weighted by Gasteiger charge is -2.11. The van der Waals surface area contributed by atoms with Gasteiger partial charge in [0, 0.05) is 17.8 Å². The van der Waals surface area contributed by atoms with Gasteiger partial charge in [0.25, 0.3) is 0 Å². The van der Waals surface area contributed by atoms with E-state index in [9.17, 15) is 14.3 Å². The number of carbonyl (C=O) groups is 1. The third-order valence-corrected chi connectivity index (χ3v) is 6.09. The third-order valence-electron chi connectivity index (χ3n) is 4.97. The summed E-state index contributed by atoms with van der Waals surface area (Å²) in [5.74, 6) is 0.240. The van der Waals surface area contributed by atoms with Gasteiger partial charge in [-0.15, -0.1) is 0 Å². The van der Waals surface area contributed by atoms with E-state index in [0.29, 0.717) is 44.9 Å². The quantitative estimate of drug-likeness (QED) is 0.381. The number of nitrogens with one attached hydrogen (secondary N) is 1. The van der Waals surface area contributed by atoms with Gasteiger partial charge in [-0.2, -0.15) is 0 Å². The van der Waals surface area contributed by atoms with Crippen molar-refractivity contribution >= 4 is 28.1 Å². The number of thiazole rings is 1. The molecule has 9 heteroatoms.